The van der Waals surface area contributed by atoms with E-state index in [1.165, 1.54) is 6.07 Å². The third kappa shape index (κ3) is 3.80. The molecule has 1 aromatic carbocycles. The fourth-order valence-electron chi connectivity index (χ4n) is 2.84. The average Bonchev–Trinajstić information content (AvgIpc) is 2.89. The third-order valence-electron chi connectivity index (χ3n) is 4.09. The van der Waals surface area contributed by atoms with Gasteiger partial charge in [0.1, 0.15) is 5.82 Å². The minimum Gasteiger partial charge on any atom is -0.481 e. The molecule has 3 atom stereocenters. The van der Waals surface area contributed by atoms with Gasteiger partial charge in [-0.15, -0.1) is 0 Å². The van der Waals surface area contributed by atoms with Crippen LogP contribution in [0.2, 0.25) is 0 Å². The van der Waals surface area contributed by atoms with Crippen molar-refractivity contribution in [1.82, 2.24) is 5.32 Å². The topological polar surface area (TPSA) is 66.4 Å². The van der Waals surface area contributed by atoms with Gasteiger partial charge in [0.25, 0.3) is 0 Å². The first-order chi connectivity index (χ1) is 9.99. The number of hydrogen-bond donors (Lipinski definition) is 2. The van der Waals surface area contributed by atoms with Gasteiger partial charge in [0.05, 0.1) is 5.92 Å². The maximum absolute atomic E-state index is 13.6. The number of carboxylic acid groups (broad SMARTS) is 1. The second-order valence-corrected chi connectivity index (χ2v) is 5.69. The molecule has 0 radical (unpaired) electrons. The quantitative estimate of drug-likeness (QED) is 0.876. The smallest absolute Gasteiger partial charge is 0.308 e. The fourth-order valence-corrected chi connectivity index (χ4v) is 2.84. The number of hydrogen-bond acceptors (Lipinski definition) is 2. The molecule has 1 fully saturated rings. The molecule has 1 aliphatic carbocycles. The van der Waals surface area contributed by atoms with Crippen molar-refractivity contribution in [3.05, 3.63) is 35.6 Å². The van der Waals surface area contributed by atoms with Crippen LogP contribution in [0.15, 0.2) is 24.3 Å². The highest BCUT2D eigenvalue weighted by molar-refractivity contribution is 5.80. The van der Waals surface area contributed by atoms with Crippen LogP contribution >= 0.6 is 0 Å². The van der Waals surface area contributed by atoms with Crippen molar-refractivity contribution >= 4 is 11.9 Å². The first-order valence-corrected chi connectivity index (χ1v) is 7.25. The Morgan fingerprint density at radius 1 is 1.38 bits per heavy atom. The van der Waals surface area contributed by atoms with E-state index in [9.17, 15) is 14.0 Å². The molecule has 4 nitrogen and oxygen atoms in total. The lowest BCUT2D eigenvalue weighted by molar-refractivity contribution is -0.142. The van der Waals surface area contributed by atoms with Crippen LogP contribution < -0.4 is 5.32 Å². The van der Waals surface area contributed by atoms with Crippen LogP contribution in [0.1, 0.15) is 31.7 Å². The Morgan fingerprint density at radius 3 is 2.76 bits per heavy atom. The highest BCUT2D eigenvalue weighted by atomic mass is 19.1. The van der Waals surface area contributed by atoms with Gasteiger partial charge >= 0.3 is 5.97 Å². The van der Waals surface area contributed by atoms with Gasteiger partial charge in [-0.05, 0) is 30.9 Å². The largest absolute Gasteiger partial charge is 0.481 e. The number of carboxylic acids is 1. The normalized spacial score (nSPS) is 22.8. The van der Waals surface area contributed by atoms with Crippen LogP contribution in [-0.4, -0.2) is 23.0 Å². The van der Waals surface area contributed by atoms with Gasteiger partial charge < -0.3 is 10.4 Å². The van der Waals surface area contributed by atoms with Crippen LogP contribution in [0, 0.1) is 17.7 Å². The molecule has 114 valence electrons. The van der Waals surface area contributed by atoms with Crippen LogP contribution in [0.25, 0.3) is 0 Å². The van der Waals surface area contributed by atoms with Gasteiger partial charge in [-0.1, -0.05) is 31.5 Å². The second kappa shape index (κ2) is 6.70. The fraction of sp³-hybridized carbons (Fsp3) is 0.500. The van der Waals surface area contributed by atoms with Crippen molar-refractivity contribution in [2.24, 2.45) is 11.8 Å². The van der Waals surface area contributed by atoms with Gasteiger partial charge in [0, 0.05) is 12.0 Å². The summed E-state index contributed by atoms with van der Waals surface area (Å²) in [5.74, 6) is -2.29. The van der Waals surface area contributed by atoms with E-state index in [0.717, 1.165) is 6.42 Å². The van der Waals surface area contributed by atoms with Gasteiger partial charge in [0.15, 0.2) is 0 Å². The van der Waals surface area contributed by atoms with E-state index in [4.69, 9.17) is 5.11 Å². The molecule has 0 spiro atoms. The summed E-state index contributed by atoms with van der Waals surface area (Å²) in [4.78, 5) is 23.3. The zero-order valence-electron chi connectivity index (χ0n) is 12.0. The molecule has 1 unspecified atom stereocenters. The number of aliphatic carboxylic acids is 1. The summed E-state index contributed by atoms with van der Waals surface area (Å²) in [6.07, 6.45) is 2.41. The molecule has 1 saturated carbocycles. The van der Waals surface area contributed by atoms with Crippen LogP contribution in [-0.2, 0) is 16.0 Å². The maximum Gasteiger partial charge on any atom is 0.308 e. The average molecular weight is 293 g/mol. The zero-order valence-corrected chi connectivity index (χ0v) is 12.0. The molecule has 0 aromatic heterocycles. The SMILES string of the molecule is CC(Cc1ccccc1F)C(=O)N[C@@H]1CCC[C@@H]1C(=O)O. The van der Waals surface area contributed by atoms with Crippen molar-refractivity contribution in [3.8, 4) is 0 Å². The number of carbonyl (C=O) groups is 2. The van der Waals surface area contributed by atoms with E-state index < -0.39 is 17.8 Å². The van der Waals surface area contributed by atoms with Gasteiger partial charge in [0.2, 0.25) is 5.91 Å². The lowest BCUT2D eigenvalue weighted by Gasteiger charge is -2.20. The standard InChI is InChI=1S/C16H20FNO3/c1-10(9-11-5-2-3-7-13(11)17)15(19)18-14-8-4-6-12(14)16(20)21/h2-3,5,7,10,12,14H,4,6,8-9H2,1H3,(H,18,19)(H,20,21)/t10?,12-,14+/m0/s1. The summed E-state index contributed by atoms with van der Waals surface area (Å²) < 4.78 is 13.6. The molecule has 1 aliphatic rings. The van der Waals surface area contributed by atoms with Crippen molar-refractivity contribution < 1.29 is 19.1 Å². The molecule has 0 bridgehead atoms. The van der Waals surface area contributed by atoms with E-state index in [1.54, 1.807) is 25.1 Å². The number of benzene rings is 1. The lowest BCUT2D eigenvalue weighted by Crippen LogP contribution is -2.42. The summed E-state index contributed by atoms with van der Waals surface area (Å²) >= 11 is 0. The second-order valence-electron chi connectivity index (χ2n) is 5.69. The van der Waals surface area contributed by atoms with E-state index in [2.05, 4.69) is 5.32 Å². The van der Waals surface area contributed by atoms with Crippen molar-refractivity contribution in [2.45, 2.75) is 38.6 Å². The minimum atomic E-state index is -0.862. The van der Waals surface area contributed by atoms with E-state index >= 15 is 0 Å². The van der Waals surface area contributed by atoms with Crippen molar-refractivity contribution in [2.75, 3.05) is 0 Å². The number of carbonyl (C=O) groups excluding carboxylic acids is 1. The molecular formula is C16H20FNO3. The highest BCUT2D eigenvalue weighted by Crippen LogP contribution is 2.26. The van der Waals surface area contributed by atoms with E-state index in [0.29, 0.717) is 24.8 Å². The van der Waals surface area contributed by atoms with Crippen molar-refractivity contribution in [3.63, 3.8) is 0 Å². The monoisotopic (exact) mass is 293 g/mol. The van der Waals surface area contributed by atoms with E-state index in [-0.39, 0.29) is 17.8 Å². The Morgan fingerprint density at radius 2 is 2.10 bits per heavy atom. The maximum atomic E-state index is 13.6. The van der Waals surface area contributed by atoms with Crippen molar-refractivity contribution in [1.29, 1.82) is 0 Å². The summed E-state index contributed by atoms with van der Waals surface area (Å²) in [5.41, 5.74) is 0.501. The summed E-state index contributed by atoms with van der Waals surface area (Å²) in [5, 5.41) is 11.9. The zero-order chi connectivity index (χ0) is 15.4. The molecule has 21 heavy (non-hydrogen) atoms. The van der Waals surface area contributed by atoms with Crippen LogP contribution in [0.3, 0.4) is 0 Å². The first-order valence-electron chi connectivity index (χ1n) is 7.25. The molecule has 0 heterocycles. The molecule has 2 N–H and O–H groups in total. The van der Waals surface area contributed by atoms with E-state index in [1.807, 2.05) is 0 Å². The van der Waals surface area contributed by atoms with Gasteiger partial charge in [-0.2, -0.15) is 0 Å². The number of nitrogens with one attached hydrogen (secondary N) is 1. The third-order valence-corrected chi connectivity index (χ3v) is 4.09. The predicted molar refractivity (Wildman–Crippen MR) is 76.2 cm³/mol. The summed E-state index contributed by atoms with van der Waals surface area (Å²) in [6.45, 7) is 1.73. The highest BCUT2D eigenvalue weighted by Gasteiger charge is 2.34. The minimum absolute atomic E-state index is 0.212. The van der Waals surface area contributed by atoms with Gasteiger partial charge in [-0.3, -0.25) is 9.59 Å². The first kappa shape index (κ1) is 15.5. The van der Waals surface area contributed by atoms with Crippen LogP contribution in [0.4, 0.5) is 4.39 Å². The predicted octanol–water partition coefficient (Wildman–Crippen LogP) is 2.37. The molecule has 0 aliphatic heterocycles. The Bertz CT molecular complexity index is 532. The Hall–Kier alpha value is -1.91. The molecule has 5 heteroatoms. The molecule has 1 aromatic rings. The molecule has 2 rings (SSSR count). The number of rotatable bonds is 5. The molecule has 0 saturated heterocycles. The Balaban J connectivity index is 1.94. The summed E-state index contributed by atoms with van der Waals surface area (Å²) in [6, 6.07) is 6.07. The van der Waals surface area contributed by atoms with Gasteiger partial charge in [-0.25, -0.2) is 4.39 Å². The molecular weight excluding hydrogens is 273 g/mol. The number of halogens is 1. The summed E-state index contributed by atoms with van der Waals surface area (Å²) in [7, 11) is 0. The van der Waals surface area contributed by atoms with Crippen LogP contribution in [0.5, 0.6) is 0 Å². The Labute approximate surface area is 123 Å². The molecule has 1 amide bonds. The number of amides is 1. The lowest BCUT2D eigenvalue weighted by atomic mass is 9.98. The Kier molecular flexibility index (Phi) is 4.94.